The number of amides is 2. The van der Waals surface area contributed by atoms with E-state index in [4.69, 9.17) is 0 Å². The Hall–Kier alpha value is -0.797. The van der Waals surface area contributed by atoms with Gasteiger partial charge in [0.05, 0.1) is 0 Å². The van der Waals surface area contributed by atoms with Crippen LogP contribution in [0.5, 0.6) is 5.88 Å². The molecule has 0 saturated carbocycles. The number of benzene rings is 1. The van der Waals surface area contributed by atoms with Gasteiger partial charge in [0.1, 0.15) is 5.88 Å². The minimum atomic E-state index is -0.672. The smallest absolute Gasteiger partial charge is 0.295 e. The monoisotopic (exact) mass is 845 g/mol. The Kier molecular flexibility index (Phi) is 9.70. The van der Waals surface area contributed by atoms with E-state index in [1.165, 1.54) is 23.2 Å². The standard InChI is InChI=1S/C21H20N4O4.2Ac/c1-13-12-24(20(28)14-5-3-2-4-6-14)9-10-25(13)21(29)18(27)16-11-22-19-15(16)7-8-17(26)23-19;;/h2-8,11,13H,9-10,12H2,1H3,(H2,22,23,26,27,29);;/p-1/t13-;;/m1../s1. The third-order valence-corrected chi connectivity index (χ3v) is 5.10. The molecule has 2 amide bonds. The molecule has 1 aliphatic rings. The van der Waals surface area contributed by atoms with E-state index in [9.17, 15) is 19.5 Å². The molecule has 3 aromatic rings. The van der Waals surface area contributed by atoms with Gasteiger partial charge in [0.15, 0.2) is 0 Å². The number of rotatable bonds is 3. The van der Waals surface area contributed by atoms with Gasteiger partial charge in [-0.2, -0.15) is 0 Å². The zero-order valence-electron chi connectivity index (χ0n) is 16.9. The van der Waals surface area contributed by atoms with Gasteiger partial charge in [-0.15, -0.1) is 0 Å². The first-order chi connectivity index (χ1) is 14.0. The summed E-state index contributed by atoms with van der Waals surface area (Å²) >= 11 is 0. The molecule has 8 nitrogen and oxygen atoms in total. The second-order valence-corrected chi connectivity index (χ2v) is 7.01. The zero-order valence-corrected chi connectivity index (χ0v) is 26.4. The SMILES string of the molecule is C[C@@H]1CN(C(=O)c2ccccc2)CCN1C(=O)C(=O)c1c[n-]c2nc(O)ccc12.[Ac].[Ac]. The van der Waals surface area contributed by atoms with Gasteiger partial charge in [-0.3, -0.25) is 14.4 Å². The topological polar surface area (TPSA) is 105 Å². The van der Waals surface area contributed by atoms with Crippen LogP contribution in [0.4, 0.5) is 0 Å². The van der Waals surface area contributed by atoms with Gasteiger partial charge in [0, 0.05) is 125 Å². The van der Waals surface area contributed by atoms with Gasteiger partial charge in [0.2, 0.25) is 0 Å². The molecule has 0 spiro atoms. The number of aromatic nitrogens is 2. The molecule has 0 unspecified atom stereocenters. The fourth-order valence-corrected chi connectivity index (χ4v) is 3.58. The van der Waals surface area contributed by atoms with Crippen LogP contribution < -0.4 is 4.98 Å². The summed E-state index contributed by atoms with van der Waals surface area (Å²) in [5.74, 6) is -1.59. The van der Waals surface area contributed by atoms with E-state index in [0.717, 1.165) is 0 Å². The van der Waals surface area contributed by atoms with E-state index in [2.05, 4.69) is 9.97 Å². The minimum Gasteiger partial charge on any atom is -0.512 e. The summed E-state index contributed by atoms with van der Waals surface area (Å²) < 4.78 is 0. The maximum atomic E-state index is 12.8. The number of ketones is 1. The van der Waals surface area contributed by atoms with Gasteiger partial charge >= 0.3 is 0 Å². The Bertz CT molecular complexity index is 1100. The number of fused-ring (bicyclic) bond motifs is 1. The van der Waals surface area contributed by atoms with Crippen molar-refractivity contribution >= 4 is 28.6 Å². The number of piperazine rings is 1. The number of carbonyl (C=O) groups is 3. The predicted octanol–water partition coefficient (Wildman–Crippen LogP) is 1.45. The summed E-state index contributed by atoms with van der Waals surface area (Å²) in [6.45, 7) is 2.79. The molecule has 1 aliphatic heterocycles. The van der Waals surface area contributed by atoms with E-state index in [-0.39, 0.29) is 124 Å². The summed E-state index contributed by atoms with van der Waals surface area (Å²) in [4.78, 5) is 49.3. The molecule has 1 N–H and O–H groups in total. The first-order valence-corrected chi connectivity index (χ1v) is 9.26. The van der Waals surface area contributed by atoms with Crippen molar-refractivity contribution in [3.63, 3.8) is 0 Å². The Labute approximate surface area is 250 Å². The van der Waals surface area contributed by atoms with Gasteiger partial charge in [-0.1, -0.05) is 30.5 Å². The largest absolute Gasteiger partial charge is 0.512 e. The van der Waals surface area contributed by atoms with Crippen LogP contribution in [0.25, 0.3) is 11.0 Å². The molecule has 1 aromatic carbocycles. The summed E-state index contributed by atoms with van der Waals surface area (Å²) in [5, 5.41) is 9.86. The van der Waals surface area contributed by atoms with Crippen molar-refractivity contribution in [1.82, 2.24) is 19.8 Å². The van der Waals surface area contributed by atoms with E-state index in [1.54, 1.807) is 17.0 Å². The second-order valence-electron chi connectivity index (χ2n) is 7.01. The molecular formula is C21H19Ac2N4O4-. The molecular weight excluding hydrogens is 826 g/mol. The Morgan fingerprint density at radius 3 is 2.45 bits per heavy atom. The Morgan fingerprint density at radius 2 is 1.77 bits per heavy atom. The molecule has 1 fully saturated rings. The predicted molar refractivity (Wildman–Crippen MR) is 105 cm³/mol. The third-order valence-electron chi connectivity index (χ3n) is 5.10. The van der Waals surface area contributed by atoms with Crippen LogP contribution in [0.15, 0.2) is 48.7 Å². The minimum absolute atomic E-state index is 0. The van der Waals surface area contributed by atoms with Crippen molar-refractivity contribution in [2.24, 2.45) is 0 Å². The van der Waals surface area contributed by atoms with Crippen LogP contribution in [-0.4, -0.2) is 63.2 Å². The first kappa shape index (κ1) is 26.5. The molecule has 1 saturated heterocycles. The molecule has 2 radical (unpaired) electrons. The van der Waals surface area contributed by atoms with Crippen molar-refractivity contribution in [1.29, 1.82) is 0 Å². The molecule has 0 bridgehead atoms. The number of pyridine rings is 1. The molecule has 10 heteroatoms. The normalized spacial score (nSPS) is 15.7. The third kappa shape index (κ3) is 5.59. The van der Waals surface area contributed by atoms with Crippen molar-refractivity contribution < 1.29 is 108 Å². The summed E-state index contributed by atoms with van der Waals surface area (Å²) in [5.41, 5.74) is 0.973. The van der Waals surface area contributed by atoms with Crippen molar-refractivity contribution in [3.8, 4) is 5.88 Å². The first-order valence-electron chi connectivity index (χ1n) is 9.26. The Morgan fingerprint density at radius 1 is 1.06 bits per heavy atom. The molecule has 31 heavy (non-hydrogen) atoms. The van der Waals surface area contributed by atoms with Crippen LogP contribution >= 0.6 is 0 Å². The van der Waals surface area contributed by atoms with E-state index < -0.39 is 11.7 Å². The number of hydrogen-bond donors (Lipinski definition) is 1. The van der Waals surface area contributed by atoms with Crippen LogP contribution in [0.1, 0.15) is 27.6 Å². The number of Topliss-reactive ketones (excluding diaryl/α,β-unsaturated/α-hetero) is 1. The molecule has 4 rings (SSSR count). The average molecular weight is 845 g/mol. The molecule has 3 heterocycles. The molecule has 1 atom stereocenters. The van der Waals surface area contributed by atoms with Crippen LogP contribution in [0.3, 0.4) is 0 Å². The molecule has 0 aliphatic carbocycles. The Balaban J connectivity index is 0.00000171. The number of nitrogens with zero attached hydrogens (tertiary/aromatic N) is 4. The number of aromatic hydroxyl groups is 1. The second kappa shape index (κ2) is 11.4. The number of hydrogen-bond acceptors (Lipinski definition) is 5. The summed E-state index contributed by atoms with van der Waals surface area (Å²) in [6, 6.07) is 11.5. The van der Waals surface area contributed by atoms with Crippen molar-refractivity contribution in [2.75, 3.05) is 19.6 Å². The molecule has 154 valence electrons. The fraction of sp³-hybridized carbons (Fsp3) is 0.238. The van der Waals surface area contributed by atoms with Gasteiger partial charge in [-0.25, -0.2) is 0 Å². The summed E-state index contributed by atoms with van der Waals surface area (Å²) in [7, 11) is 0. The molecule has 2 aromatic heterocycles. The zero-order chi connectivity index (χ0) is 20.5. The number of carbonyl (C=O) groups excluding carboxylic acids is 3. The van der Waals surface area contributed by atoms with Crippen LogP contribution in [-0.2, 0) is 4.79 Å². The van der Waals surface area contributed by atoms with Crippen molar-refractivity contribution in [3.05, 3.63) is 59.8 Å². The fourth-order valence-electron chi connectivity index (χ4n) is 3.58. The van der Waals surface area contributed by atoms with Crippen LogP contribution in [0, 0.1) is 88.1 Å². The van der Waals surface area contributed by atoms with E-state index in [0.29, 0.717) is 24.0 Å². The van der Waals surface area contributed by atoms with Crippen molar-refractivity contribution in [2.45, 2.75) is 13.0 Å². The maximum absolute atomic E-state index is 12.8. The quantitative estimate of drug-likeness (QED) is 0.317. The van der Waals surface area contributed by atoms with Gasteiger partial charge in [-0.05, 0) is 36.2 Å². The van der Waals surface area contributed by atoms with Gasteiger partial charge < -0.3 is 24.9 Å². The average Bonchev–Trinajstić information content (AvgIpc) is 3.15. The van der Waals surface area contributed by atoms with E-state index in [1.807, 2.05) is 25.1 Å². The van der Waals surface area contributed by atoms with Crippen LogP contribution in [0.2, 0.25) is 0 Å². The summed E-state index contributed by atoms with van der Waals surface area (Å²) in [6.07, 6.45) is 1.30. The van der Waals surface area contributed by atoms with E-state index >= 15 is 0 Å². The maximum Gasteiger partial charge on any atom is 0.295 e. The van der Waals surface area contributed by atoms with Gasteiger partial charge in [0.25, 0.3) is 17.6 Å².